The van der Waals surface area contributed by atoms with E-state index in [-0.39, 0.29) is 12.0 Å². The summed E-state index contributed by atoms with van der Waals surface area (Å²) in [5.41, 5.74) is 4.96. The van der Waals surface area contributed by atoms with Crippen molar-refractivity contribution in [1.82, 2.24) is 14.6 Å². The van der Waals surface area contributed by atoms with Gasteiger partial charge in [-0.2, -0.15) is 9.61 Å². The summed E-state index contributed by atoms with van der Waals surface area (Å²) in [5, 5.41) is 8.16. The first kappa shape index (κ1) is 19.9. The maximum atomic E-state index is 11.3. The number of imidazole rings is 1. The molecule has 3 rings (SSSR count). The Balaban J connectivity index is 2.05. The van der Waals surface area contributed by atoms with E-state index in [1.165, 1.54) is 6.92 Å². The third kappa shape index (κ3) is 4.50. The number of hydrogen-bond acceptors (Lipinski definition) is 5. The number of esters is 1. The molecule has 1 N–H and O–H groups in total. The van der Waals surface area contributed by atoms with Crippen LogP contribution < -0.4 is 5.32 Å². The first-order chi connectivity index (χ1) is 13.3. The molecule has 1 aromatic carbocycles. The summed E-state index contributed by atoms with van der Waals surface area (Å²) in [7, 11) is 0. The predicted molar refractivity (Wildman–Crippen MR) is 111 cm³/mol. The molecule has 0 aliphatic rings. The third-order valence-corrected chi connectivity index (χ3v) is 4.54. The van der Waals surface area contributed by atoms with Crippen LogP contribution in [0.5, 0.6) is 0 Å². The molecule has 1 unspecified atom stereocenters. The van der Waals surface area contributed by atoms with E-state index in [9.17, 15) is 4.79 Å². The average molecular weight is 380 g/mol. The van der Waals surface area contributed by atoms with Gasteiger partial charge in [0.25, 0.3) is 0 Å². The van der Waals surface area contributed by atoms with E-state index in [0.717, 1.165) is 34.5 Å². The molecule has 0 amide bonds. The summed E-state index contributed by atoms with van der Waals surface area (Å²) in [6.07, 6.45) is 0.855. The molecule has 0 aliphatic carbocycles. The molecule has 0 saturated heterocycles. The van der Waals surface area contributed by atoms with Crippen LogP contribution in [0.25, 0.3) is 16.8 Å². The monoisotopic (exact) mass is 380 g/mol. The second-order valence-electron chi connectivity index (χ2n) is 7.65. The summed E-state index contributed by atoms with van der Waals surface area (Å²) in [4.78, 5) is 16.2. The van der Waals surface area contributed by atoms with Gasteiger partial charge in [0.1, 0.15) is 12.3 Å². The number of ether oxygens (including phenoxy) is 1. The molecule has 6 heteroatoms. The van der Waals surface area contributed by atoms with Gasteiger partial charge in [-0.3, -0.25) is 4.79 Å². The van der Waals surface area contributed by atoms with Crippen LogP contribution in [-0.2, 0) is 9.53 Å². The minimum absolute atomic E-state index is 0.0410. The molecule has 2 heterocycles. The molecular weight excluding hydrogens is 352 g/mol. The quantitative estimate of drug-likeness (QED) is 0.615. The summed E-state index contributed by atoms with van der Waals surface area (Å²) in [5.74, 6) is 0.834. The summed E-state index contributed by atoms with van der Waals surface area (Å²) < 4.78 is 7.14. The number of aromatic nitrogens is 3. The second kappa shape index (κ2) is 8.42. The molecular formula is C22H28N4O2. The lowest BCUT2D eigenvalue weighted by atomic mass is 10.0. The molecule has 3 aromatic rings. The maximum Gasteiger partial charge on any atom is 0.302 e. The molecule has 28 heavy (non-hydrogen) atoms. The summed E-state index contributed by atoms with van der Waals surface area (Å²) in [6.45, 7) is 10.1. The topological polar surface area (TPSA) is 68.5 Å². The van der Waals surface area contributed by atoms with Gasteiger partial charge in [0.15, 0.2) is 0 Å². The molecule has 0 radical (unpaired) electrons. The molecule has 2 aromatic heterocycles. The van der Waals surface area contributed by atoms with Crippen molar-refractivity contribution in [2.45, 2.75) is 47.1 Å². The van der Waals surface area contributed by atoms with Crippen LogP contribution in [0.1, 0.15) is 38.4 Å². The highest BCUT2D eigenvalue weighted by Crippen LogP contribution is 2.29. The first-order valence-corrected chi connectivity index (χ1v) is 9.67. The molecule has 0 spiro atoms. The molecule has 1 atom stereocenters. The van der Waals surface area contributed by atoms with Crippen molar-refractivity contribution >= 4 is 17.4 Å². The number of nitrogens with one attached hydrogen (secondary N) is 1. The fraction of sp³-hybridized carbons (Fsp3) is 0.409. The van der Waals surface area contributed by atoms with Gasteiger partial charge in [0, 0.05) is 12.5 Å². The number of anilines is 1. The summed E-state index contributed by atoms with van der Waals surface area (Å²) in [6, 6.07) is 12.1. The van der Waals surface area contributed by atoms with Gasteiger partial charge in [0.2, 0.25) is 5.95 Å². The third-order valence-electron chi connectivity index (χ3n) is 4.54. The normalized spacial score (nSPS) is 12.4. The van der Waals surface area contributed by atoms with E-state index in [2.05, 4.69) is 44.3 Å². The minimum Gasteiger partial charge on any atom is -0.464 e. The lowest BCUT2D eigenvalue weighted by Crippen LogP contribution is -2.29. The van der Waals surface area contributed by atoms with E-state index >= 15 is 0 Å². The number of fused-ring (bicyclic) bond motifs is 1. The SMILES string of the molecule is CC(=O)OCC(CC(C)C)Nc1nc(-c2ccccc2)c2c(C)cc(C)nn12. The maximum absolute atomic E-state index is 11.3. The predicted octanol–water partition coefficient (Wildman–Crippen LogP) is 4.40. The Hall–Kier alpha value is -2.89. The van der Waals surface area contributed by atoms with E-state index in [0.29, 0.717) is 18.5 Å². The fourth-order valence-electron chi connectivity index (χ4n) is 3.46. The smallest absolute Gasteiger partial charge is 0.302 e. The zero-order valence-corrected chi connectivity index (χ0v) is 17.2. The number of nitrogens with zero attached hydrogens (tertiary/aromatic N) is 3. The Kier molecular flexibility index (Phi) is 5.97. The van der Waals surface area contributed by atoms with Crippen LogP contribution in [0.15, 0.2) is 36.4 Å². The molecule has 0 aliphatic heterocycles. The van der Waals surface area contributed by atoms with E-state index < -0.39 is 0 Å². The lowest BCUT2D eigenvalue weighted by molar-refractivity contribution is -0.141. The van der Waals surface area contributed by atoms with Crippen molar-refractivity contribution in [3.05, 3.63) is 47.7 Å². The van der Waals surface area contributed by atoms with Crippen LogP contribution in [0, 0.1) is 19.8 Å². The molecule has 0 bridgehead atoms. The van der Waals surface area contributed by atoms with Gasteiger partial charge in [-0.05, 0) is 37.8 Å². The van der Waals surface area contributed by atoms with Gasteiger partial charge >= 0.3 is 5.97 Å². The van der Waals surface area contributed by atoms with Crippen LogP contribution in [0.4, 0.5) is 5.95 Å². The molecule has 0 fully saturated rings. The number of aryl methyl sites for hydroxylation is 2. The van der Waals surface area contributed by atoms with E-state index in [1.54, 1.807) is 0 Å². The van der Waals surface area contributed by atoms with Crippen molar-refractivity contribution < 1.29 is 9.53 Å². The Morgan fingerprint density at radius 3 is 2.57 bits per heavy atom. The zero-order valence-electron chi connectivity index (χ0n) is 17.2. The highest BCUT2D eigenvalue weighted by molar-refractivity contribution is 5.82. The van der Waals surface area contributed by atoms with Gasteiger partial charge in [0.05, 0.1) is 17.3 Å². The molecule has 0 saturated carbocycles. The minimum atomic E-state index is -0.279. The Labute approximate surface area is 165 Å². The number of carbonyl (C=O) groups excluding carboxylic acids is 1. The number of carbonyl (C=O) groups is 1. The van der Waals surface area contributed by atoms with Gasteiger partial charge in [-0.1, -0.05) is 44.2 Å². The Bertz CT molecular complexity index is 964. The Morgan fingerprint density at radius 2 is 1.93 bits per heavy atom. The van der Waals surface area contributed by atoms with Crippen LogP contribution in [-0.4, -0.2) is 33.2 Å². The standard InChI is InChI=1S/C22H28N4O2/c1-14(2)11-19(13-28-17(5)27)23-22-24-20(18-9-7-6-8-10-18)21-15(3)12-16(4)25-26(21)22/h6-10,12,14,19H,11,13H2,1-5H3,(H,23,24). The zero-order chi connectivity index (χ0) is 20.3. The lowest BCUT2D eigenvalue weighted by Gasteiger charge is -2.20. The first-order valence-electron chi connectivity index (χ1n) is 9.67. The highest BCUT2D eigenvalue weighted by atomic mass is 16.5. The van der Waals surface area contributed by atoms with Crippen molar-refractivity contribution in [3.63, 3.8) is 0 Å². The van der Waals surface area contributed by atoms with Crippen molar-refractivity contribution in [3.8, 4) is 11.3 Å². The number of rotatable bonds is 7. The van der Waals surface area contributed by atoms with E-state index in [4.69, 9.17) is 14.8 Å². The highest BCUT2D eigenvalue weighted by Gasteiger charge is 2.20. The molecule has 6 nitrogen and oxygen atoms in total. The van der Waals surface area contributed by atoms with Gasteiger partial charge < -0.3 is 10.1 Å². The largest absolute Gasteiger partial charge is 0.464 e. The van der Waals surface area contributed by atoms with Crippen LogP contribution >= 0.6 is 0 Å². The number of benzene rings is 1. The van der Waals surface area contributed by atoms with Crippen LogP contribution in [0.2, 0.25) is 0 Å². The van der Waals surface area contributed by atoms with Gasteiger partial charge in [-0.25, -0.2) is 4.98 Å². The number of hydrogen-bond donors (Lipinski definition) is 1. The van der Waals surface area contributed by atoms with Crippen molar-refractivity contribution in [2.24, 2.45) is 5.92 Å². The summed E-state index contributed by atoms with van der Waals surface area (Å²) >= 11 is 0. The van der Waals surface area contributed by atoms with Crippen molar-refractivity contribution in [1.29, 1.82) is 0 Å². The van der Waals surface area contributed by atoms with E-state index in [1.807, 2.05) is 29.6 Å². The molecule has 148 valence electrons. The average Bonchev–Trinajstić information content (AvgIpc) is 2.98. The van der Waals surface area contributed by atoms with Crippen molar-refractivity contribution in [2.75, 3.05) is 11.9 Å². The van der Waals surface area contributed by atoms with Crippen LogP contribution in [0.3, 0.4) is 0 Å². The van der Waals surface area contributed by atoms with Gasteiger partial charge in [-0.15, -0.1) is 0 Å². The fourth-order valence-corrected chi connectivity index (χ4v) is 3.46. The Morgan fingerprint density at radius 1 is 1.21 bits per heavy atom. The second-order valence-corrected chi connectivity index (χ2v) is 7.65.